The van der Waals surface area contributed by atoms with Gasteiger partial charge in [-0.25, -0.2) is 4.79 Å². The Morgan fingerprint density at radius 1 is 1.08 bits per heavy atom. The molecule has 0 radical (unpaired) electrons. The van der Waals surface area contributed by atoms with Crippen LogP contribution < -0.4 is 10.1 Å². The number of nitrogens with one attached hydrogen (secondary N) is 1. The van der Waals surface area contributed by atoms with Gasteiger partial charge in [0.05, 0.1) is 6.61 Å². The lowest BCUT2D eigenvalue weighted by Gasteiger charge is -2.15. The molecule has 2 aromatic rings. The number of carboxylic acids is 1. The molecule has 0 saturated carbocycles. The maximum absolute atomic E-state index is 12.1. The molecule has 0 fully saturated rings. The van der Waals surface area contributed by atoms with E-state index in [1.165, 1.54) is 0 Å². The molecule has 0 aliphatic heterocycles. The Bertz CT molecular complexity index is 683. The molecule has 0 aromatic heterocycles. The van der Waals surface area contributed by atoms with Gasteiger partial charge in [-0.1, -0.05) is 49.4 Å². The third-order valence-corrected chi connectivity index (χ3v) is 3.72. The minimum absolute atomic E-state index is 0.228. The summed E-state index contributed by atoms with van der Waals surface area (Å²) in [6.45, 7) is 2.73. The van der Waals surface area contributed by atoms with Crippen LogP contribution in [0.25, 0.3) is 0 Å². The number of ether oxygens (including phenoxy) is 1. The van der Waals surface area contributed by atoms with E-state index in [0.29, 0.717) is 18.6 Å². The average Bonchev–Trinajstić information content (AvgIpc) is 2.64. The van der Waals surface area contributed by atoms with Crippen molar-refractivity contribution in [3.63, 3.8) is 0 Å². The van der Waals surface area contributed by atoms with E-state index in [4.69, 9.17) is 4.74 Å². The predicted octanol–water partition coefficient (Wildman–Crippen LogP) is 3.35. The van der Waals surface area contributed by atoms with Crippen molar-refractivity contribution >= 4 is 11.9 Å². The van der Waals surface area contributed by atoms with Gasteiger partial charge in [-0.3, -0.25) is 4.79 Å². The molecule has 0 spiro atoms. The highest BCUT2D eigenvalue weighted by Crippen LogP contribution is 2.15. The van der Waals surface area contributed by atoms with Gasteiger partial charge in [0.15, 0.2) is 6.04 Å². The molecule has 0 heterocycles. The van der Waals surface area contributed by atoms with Gasteiger partial charge in [0, 0.05) is 6.42 Å². The van der Waals surface area contributed by atoms with Crippen LogP contribution in [0.4, 0.5) is 0 Å². The van der Waals surface area contributed by atoms with Crippen molar-refractivity contribution in [2.75, 3.05) is 6.61 Å². The first-order chi connectivity index (χ1) is 12.1. The van der Waals surface area contributed by atoms with Crippen molar-refractivity contribution in [1.29, 1.82) is 0 Å². The van der Waals surface area contributed by atoms with Gasteiger partial charge < -0.3 is 15.2 Å². The molecule has 25 heavy (non-hydrogen) atoms. The highest BCUT2D eigenvalue weighted by Gasteiger charge is 2.21. The number of carboxylic acid groups (broad SMARTS) is 1. The topological polar surface area (TPSA) is 75.6 Å². The van der Waals surface area contributed by atoms with E-state index in [1.807, 2.05) is 31.2 Å². The van der Waals surface area contributed by atoms with Crippen LogP contribution in [0.3, 0.4) is 0 Å². The molecule has 1 amide bonds. The Morgan fingerprint density at radius 2 is 1.76 bits per heavy atom. The van der Waals surface area contributed by atoms with Gasteiger partial charge in [-0.15, -0.1) is 0 Å². The molecule has 5 heteroatoms. The van der Waals surface area contributed by atoms with Crippen molar-refractivity contribution in [2.45, 2.75) is 32.2 Å². The molecular formula is C20H23NO4. The first-order valence-electron chi connectivity index (χ1n) is 8.39. The van der Waals surface area contributed by atoms with Crippen molar-refractivity contribution < 1.29 is 19.4 Å². The number of aliphatic carboxylic acids is 1. The fourth-order valence-corrected chi connectivity index (χ4v) is 2.40. The summed E-state index contributed by atoms with van der Waals surface area (Å²) in [5.41, 5.74) is 1.56. The normalized spacial score (nSPS) is 11.6. The summed E-state index contributed by atoms with van der Waals surface area (Å²) in [5.74, 6) is -0.551. The minimum Gasteiger partial charge on any atom is -0.494 e. The van der Waals surface area contributed by atoms with E-state index in [-0.39, 0.29) is 12.3 Å². The molecule has 0 aliphatic rings. The summed E-state index contributed by atoms with van der Waals surface area (Å²) in [4.78, 5) is 23.5. The van der Waals surface area contributed by atoms with Crippen molar-refractivity contribution in [3.8, 4) is 5.75 Å². The highest BCUT2D eigenvalue weighted by atomic mass is 16.5. The molecule has 2 N–H and O–H groups in total. The highest BCUT2D eigenvalue weighted by molar-refractivity contribution is 5.84. The molecule has 0 aliphatic carbocycles. The largest absolute Gasteiger partial charge is 0.494 e. The number of carbonyl (C=O) groups excluding carboxylic acids is 1. The van der Waals surface area contributed by atoms with E-state index in [2.05, 4.69) is 5.32 Å². The summed E-state index contributed by atoms with van der Waals surface area (Å²) in [7, 11) is 0. The van der Waals surface area contributed by atoms with Gasteiger partial charge in [0.2, 0.25) is 5.91 Å². The lowest BCUT2D eigenvalue weighted by Crippen LogP contribution is -2.33. The monoisotopic (exact) mass is 341 g/mol. The summed E-state index contributed by atoms with van der Waals surface area (Å²) >= 11 is 0. The number of hydrogen-bond donors (Lipinski definition) is 2. The Hall–Kier alpha value is -2.82. The summed E-state index contributed by atoms with van der Waals surface area (Å²) in [5, 5.41) is 11.9. The minimum atomic E-state index is -1.07. The number of hydrogen-bond acceptors (Lipinski definition) is 3. The number of carbonyl (C=O) groups is 2. The van der Waals surface area contributed by atoms with E-state index in [1.54, 1.807) is 30.3 Å². The van der Waals surface area contributed by atoms with Crippen LogP contribution in [0.2, 0.25) is 0 Å². The zero-order valence-electron chi connectivity index (χ0n) is 14.3. The molecule has 2 rings (SSSR count). The van der Waals surface area contributed by atoms with Gasteiger partial charge in [-0.2, -0.15) is 0 Å². The quantitative estimate of drug-likeness (QED) is 0.733. The number of rotatable bonds is 9. The van der Waals surface area contributed by atoms with E-state index in [9.17, 15) is 14.7 Å². The molecule has 132 valence electrons. The van der Waals surface area contributed by atoms with Gasteiger partial charge in [0.25, 0.3) is 0 Å². The van der Waals surface area contributed by atoms with Crippen LogP contribution in [-0.4, -0.2) is 23.6 Å². The molecule has 0 bridgehead atoms. The first-order valence-corrected chi connectivity index (χ1v) is 8.39. The molecule has 0 unspecified atom stereocenters. The third-order valence-electron chi connectivity index (χ3n) is 3.72. The predicted molar refractivity (Wildman–Crippen MR) is 95.5 cm³/mol. The van der Waals surface area contributed by atoms with Crippen molar-refractivity contribution in [3.05, 3.63) is 65.7 Å². The number of amides is 1. The van der Waals surface area contributed by atoms with Crippen LogP contribution in [0, 0.1) is 0 Å². The summed E-state index contributed by atoms with van der Waals surface area (Å²) in [6, 6.07) is 15.3. The smallest absolute Gasteiger partial charge is 0.330 e. The van der Waals surface area contributed by atoms with Gasteiger partial charge >= 0.3 is 5.97 Å². The van der Waals surface area contributed by atoms with E-state index >= 15 is 0 Å². The molecule has 0 saturated heterocycles. The average molecular weight is 341 g/mol. The molecule has 1 atom stereocenters. The number of aryl methyl sites for hydroxylation is 1. The fraction of sp³-hybridized carbons (Fsp3) is 0.300. The lowest BCUT2D eigenvalue weighted by atomic mass is 10.1. The van der Waals surface area contributed by atoms with Crippen molar-refractivity contribution in [1.82, 2.24) is 5.32 Å². The maximum Gasteiger partial charge on any atom is 0.330 e. The second kappa shape index (κ2) is 9.47. The fourth-order valence-electron chi connectivity index (χ4n) is 2.40. The zero-order chi connectivity index (χ0) is 18.1. The maximum atomic E-state index is 12.1. The Kier molecular flexibility index (Phi) is 7.01. The zero-order valence-corrected chi connectivity index (χ0v) is 14.3. The molecule has 5 nitrogen and oxygen atoms in total. The Labute approximate surface area is 147 Å². The molecule has 2 aromatic carbocycles. The Morgan fingerprint density at radius 3 is 2.36 bits per heavy atom. The Balaban J connectivity index is 1.88. The van der Waals surface area contributed by atoms with E-state index in [0.717, 1.165) is 17.7 Å². The lowest BCUT2D eigenvalue weighted by molar-refractivity contribution is -0.142. The van der Waals surface area contributed by atoms with E-state index < -0.39 is 12.0 Å². The first kappa shape index (κ1) is 18.5. The van der Waals surface area contributed by atoms with Crippen LogP contribution in [0.5, 0.6) is 5.75 Å². The van der Waals surface area contributed by atoms with Crippen molar-refractivity contribution in [2.24, 2.45) is 0 Å². The van der Waals surface area contributed by atoms with Gasteiger partial charge in [-0.05, 0) is 36.1 Å². The third kappa shape index (κ3) is 5.95. The second-order valence-electron chi connectivity index (χ2n) is 5.74. The van der Waals surface area contributed by atoms with Crippen LogP contribution >= 0.6 is 0 Å². The van der Waals surface area contributed by atoms with Crippen LogP contribution in [0.15, 0.2) is 54.6 Å². The summed E-state index contributed by atoms with van der Waals surface area (Å²) in [6.07, 6.45) is 1.72. The SMILES string of the molecule is CCCOc1ccc(CCC(=O)N[C@H](C(=O)O)c2ccccc2)cc1. The standard InChI is InChI=1S/C20H23NO4/c1-2-14-25-17-11-8-15(9-12-17)10-13-18(22)21-19(20(23)24)16-6-4-3-5-7-16/h3-9,11-12,19H,2,10,13-14H2,1H3,(H,21,22)(H,23,24)/t19-/m0/s1. The second-order valence-corrected chi connectivity index (χ2v) is 5.74. The van der Waals surface area contributed by atoms with Crippen LogP contribution in [-0.2, 0) is 16.0 Å². The molecular weight excluding hydrogens is 318 g/mol. The summed E-state index contributed by atoms with van der Waals surface area (Å²) < 4.78 is 5.52. The van der Waals surface area contributed by atoms with Gasteiger partial charge in [0.1, 0.15) is 5.75 Å². The number of benzene rings is 2. The van der Waals surface area contributed by atoms with Crippen LogP contribution in [0.1, 0.15) is 36.9 Å².